The molecule has 180 valence electrons. The number of methoxy groups -OCH3 is 1. The van der Waals surface area contributed by atoms with Gasteiger partial charge in [0.1, 0.15) is 24.5 Å². The first-order valence-electron chi connectivity index (χ1n) is 12.0. The second-order valence-electron chi connectivity index (χ2n) is 9.49. The molecule has 2 saturated carbocycles. The maximum Gasteiger partial charge on any atom is 0.148 e. The molecule has 3 aliphatic rings. The van der Waals surface area contributed by atoms with Gasteiger partial charge in [0.05, 0.1) is 22.8 Å². The van der Waals surface area contributed by atoms with E-state index in [-0.39, 0.29) is 12.3 Å². The summed E-state index contributed by atoms with van der Waals surface area (Å²) < 4.78 is 23.5. The van der Waals surface area contributed by atoms with Crippen molar-refractivity contribution in [1.82, 2.24) is 10.1 Å². The molecular weight excluding hydrogens is 463 g/mol. The average molecular weight is 495 g/mol. The highest BCUT2D eigenvalue weighted by atomic mass is 35.5. The van der Waals surface area contributed by atoms with Gasteiger partial charge < -0.3 is 18.7 Å². The van der Waals surface area contributed by atoms with Gasteiger partial charge in [-0.2, -0.15) is 0 Å². The molecule has 1 aliphatic heterocycles. The molecule has 8 heteroatoms. The maximum absolute atomic E-state index is 6.53. The number of nitrogens with zero attached hydrogens (tertiary/aromatic N) is 2. The molecule has 0 N–H and O–H groups in total. The van der Waals surface area contributed by atoms with Crippen LogP contribution in [0.1, 0.15) is 62.7 Å². The SMILES string of the molecule is CCCC(OCOC)N1C[C@@H]2C[C@H]1C[C@H]2OCc1c(-c2c(Cl)cccc2Cl)noc1C1CC1. The van der Waals surface area contributed by atoms with E-state index in [2.05, 4.69) is 17.0 Å². The number of hydrogen-bond donors (Lipinski definition) is 0. The smallest absolute Gasteiger partial charge is 0.148 e. The lowest BCUT2D eigenvalue weighted by atomic mass is 10.0. The molecule has 6 nitrogen and oxygen atoms in total. The van der Waals surface area contributed by atoms with Crippen molar-refractivity contribution in [3.63, 3.8) is 0 Å². The summed E-state index contributed by atoms with van der Waals surface area (Å²) in [5, 5.41) is 5.54. The Kier molecular flexibility index (Phi) is 7.31. The predicted molar refractivity (Wildman–Crippen MR) is 127 cm³/mol. The summed E-state index contributed by atoms with van der Waals surface area (Å²) in [6.07, 6.45) is 6.89. The highest BCUT2D eigenvalue weighted by Gasteiger charge is 2.47. The first kappa shape index (κ1) is 23.6. The maximum atomic E-state index is 6.53. The second kappa shape index (κ2) is 10.2. The first-order chi connectivity index (χ1) is 16.1. The minimum absolute atomic E-state index is 0.124. The van der Waals surface area contributed by atoms with Gasteiger partial charge in [0.2, 0.25) is 0 Å². The van der Waals surface area contributed by atoms with E-state index in [9.17, 15) is 0 Å². The fourth-order valence-corrected chi connectivity index (χ4v) is 6.05. The number of benzene rings is 1. The lowest BCUT2D eigenvalue weighted by Crippen LogP contribution is -2.46. The summed E-state index contributed by atoms with van der Waals surface area (Å²) in [5.74, 6) is 1.87. The van der Waals surface area contributed by atoms with E-state index in [0.717, 1.165) is 62.0 Å². The molecule has 2 bridgehead atoms. The van der Waals surface area contributed by atoms with E-state index < -0.39 is 0 Å². The van der Waals surface area contributed by atoms with Gasteiger partial charge in [0.25, 0.3) is 0 Å². The quantitative estimate of drug-likeness (QED) is 0.344. The molecule has 2 heterocycles. The molecule has 2 aliphatic carbocycles. The van der Waals surface area contributed by atoms with Crippen LogP contribution >= 0.6 is 23.2 Å². The molecule has 5 rings (SSSR count). The lowest BCUT2D eigenvalue weighted by Gasteiger charge is -2.37. The minimum Gasteiger partial charge on any atom is -0.373 e. The van der Waals surface area contributed by atoms with Gasteiger partial charge in [-0.15, -0.1) is 0 Å². The molecule has 0 spiro atoms. The van der Waals surface area contributed by atoms with Crippen LogP contribution in [0, 0.1) is 5.92 Å². The zero-order chi connectivity index (χ0) is 22.9. The monoisotopic (exact) mass is 494 g/mol. The number of hydrogen-bond acceptors (Lipinski definition) is 6. The van der Waals surface area contributed by atoms with Crippen LogP contribution in [0.25, 0.3) is 11.3 Å². The van der Waals surface area contributed by atoms with Crippen molar-refractivity contribution in [1.29, 1.82) is 0 Å². The van der Waals surface area contributed by atoms with E-state index in [1.807, 2.05) is 18.2 Å². The topological polar surface area (TPSA) is 57.0 Å². The lowest BCUT2D eigenvalue weighted by molar-refractivity contribution is -0.149. The molecule has 2 aromatic rings. The molecule has 3 fully saturated rings. The Labute approximate surface area is 205 Å². The van der Waals surface area contributed by atoms with Crippen molar-refractivity contribution in [2.75, 3.05) is 20.4 Å². The van der Waals surface area contributed by atoms with Gasteiger partial charge in [0.15, 0.2) is 0 Å². The van der Waals surface area contributed by atoms with Crippen LogP contribution in [0.2, 0.25) is 10.0 Å². The third-order valence-electron chi connectivity index (χ3n) is 7.21. The Morgan fingerprint density at radius 3 is 2.64 bits per heavy atom. The molecule has 33 heavy (non-hydrogen) atoms. The molecule has 4 atom stereocenters. The number of halogens is 2. The minimum atomic E-state index is 0.124. The van der Waals surface area contributed by atoms with Crippen molar-refractivity contribution in [2.24, 2.45) is 5.92 Å². The molecule has 1 unspecified atom stereocenters. The zero-order valence-electron chi connectivity index (χ0n) is 19.3. The molecule has 0 amide bonds. The highest BCUT2D eigenvalue weighted by molar-refractivity contribution is 6.39. The Morgan fingerprint density at radius 2 is 2.00 bits per heavy atom. The van der Waals surface area contributed by atoms with Gasteiger partial charge in [-0.3, -0.25) is 4.90 Å². The Balaban J connectivity index is 1.28. The summed E-state index contributed by atoms with van der Waals surface area (Å²) in [6.45, 7) is 4.01. The van der Waals surface area contributed by atoms with Crippen LogP contribution in [0.5, 0.6) is 0 Å². The number of rotatable bonds is 11. The summed E-state index contributed by atoms with van der Waals surface area (Å²) in [4.78, 5) is 2.51. The summed E-state index contributed by atoms with van der Waals surface area (Å²) in [6, 6.07) is 6.01. The average Bonchev–Trinajstić information content (AvgIpc) is 3.26. The van der Waals surface area contributed by atoms with E-state index >= 15 is 0 Å². The van der Waals surface area contributed by atoms with Crippen LogP contribution in [0.3, 0.4) is 0 Å². The zero-order valence-corrected chi connectivity index (χ0v) is 20.8. The van der Waals surface area contributed by atoms with Crippen LogP contribution < -0.4 is 0 Å². The van der Waals surface area contributed by atoms with Crippen molar-refractivity contribution >= 4 is 23.2 Å². The van der Waals surface area contributed by atoms with Crippen LogP contribution in [-0.2, 0) is 20.8 Å². The summed E-state index contributed by atoms with van der Waals surface area (Å²) in [5.41, 5.74) is 2.44. The first-order valence-corrected chi connectivity index (χ1v) is 12.8. The molecule has 1 aromatic carbocycles. The molecule has 0 radical (unpaired) electrons. The van der Waals surface area contributed by atoms with Crippen molar-refractivity contribution in [2.45, 2.75) is 76.3 Å². The normalized spacial score (nSPS) is 25.8. The summed E-state index contributed by atoms with van der Waals surface area (Å²) in [7, 11) is 1.67. The van der Waals surface area contributed by atoms with Gasteiger partial charge >= 0.3 is 0 Å². The Hall–Kier alpha value is -1.15. The van der Waals surface area contributed by atoms with E-state index in [1.54, 1.807) is 7.11 Å². The van der Waals surface area contributed by atoms with Crippen LogP contribution in [0.15, 0.2) is 22.7 Å². The molecular formula is C25H32Cl2N2O4. The van der Waals surface area contributed by atoms with Gasteiger partial charge in [-0.1, -0.05) is 47.8 Å². The third kappa shape index (κ3) is 4.84. The van der Waals surface area contributed by atoms with E-state index in [4.69, 9.17) is 41.9 Å². The van der Waals surface area contributed by atoms with E-state index in [0.29, 0.717) is 47.0 Å². The van der Waals surface area contributed by atoms with Gasteiger partial charge in [-0.25, -0.2) is 0 Å². The van der Waals surface area contributed by atoms with Crippen molar-refractivity contribution in [3.05, 3.63) is 39.6 Å². The number of ether oxygens (including phenoxy) is 3. The number of fused-ring (bicyclic) bond motifs is 2. The second-order valence-corrected chi connectivity index (χ2v) is 10.3. The molecule has 1 saturated heterocycles. The highest BCUT2D eigenvalue weighted by Crippen LogP contribution is 2.47. The fraction of sp³-hybridized carbons (Fsp3) is 0.640. The number of piperidine rings is 1. The Morgan fingerprint density at radius 1 is 1.21 bits per heavy atom. The predicted octanol–water partition coefficient (Wildman–Crippen LogP) is 6.25. The molecule has 1 aromatic heterocycles. The van der Waals surface area contributed by atoms with Crippen molar-refractivity contribution in [3.8, 4) is 11.3 Å². The number of likely N-dealkylation sites (tertiary alicyclic amines) is 1. The Bertz CT molecular complexity index is 944. The van der Waals surface area contributed by atoms with E-state index in [1.165, 1.54) is 0 Å². The third-order valence-corrected chi connectivity index (χ3v) is 7.84. The van der Waals surface area contributed by atoms with Crippen LogP contribution in [0.4, 0.5) is 0 Å². The summed E-state index contributed by atoms with van der Waals surface area (Å²) >= 11 is 13.0. The number of aromatic nitrogens is 1. The fourth-order valence-electron chi connectivity index (χ4n) is 5.47. The van der Waals surface area contributed by atoms with Gasteiger partial charge in [-0.05, 0) is 50.2 Å². The largest absolute Gasteiger partial charge is 0.373 e. The standard InChI is InChI=1S/C25H32Cl2N2O4/c1-3-5-22(32-14-30-2)29-12-16-10-17(29)11-21(16)31-13-18-24(28-33-25(18)15-8-9-15)23-19(26)6-4-7-20(23)27/h4,6-7,15-17,21-22H,3,5,8-14H2,1-2H3/t16-,17-,21+,22?/m0/s1. The van der Waals surface area contributed by atoms with Crippen LogP contribution in [-0.4, -0.2) is 48.9 Å². The van der Waals surface area contributed by atoms with Crippen molar-refractivity contribution < 1.29 is 18.7 Å². The van der Waals surface area contributed by atoms with Gasteiger partial charge in [0, 0.05) is 36.7 Å².